The van der Waals surface area contributed by atoms with Crippen molar-refractivity contribution in [3.8, 4) is 5.75 Å². The Kier molecular flexibility index (Phi) is 7.73. The van der Waals surface area contributed by atoms with E-state index in [1.807, 2.05) is 61.7 Å². The number of hydrogen-bond acceptors (Lipinski definition) is 4. The monoisotopic (exact) mass is 553 g/mol. The maximum atomic E-state index is 15.3. The Morgan fingerprint density at radius 2 is 1.86 bits per heavy atom. The molecule has 8 heteroatoms. The molecule has 0 bridgehead atoms. The van der Waals surface area contributed by atoms with Gasteiger partial charge in [-0.15, -0.1) is 0 Å². The third-order valence-electron chi connectivity index (χ3n) is 6.78. The molecule has 6 nitrogen and oxygen atoms in total. The summed E-state index contributed by atoms with van der Waals surface area (Å²) in [5.74, 6) is -0.481. The fourth-order valence-electron chi connectivity index (χ4n) is 4.29. The zero-order valence-corrected chi connectivity index (χ0v) is 22.2. The average Bonchev–Trinajstić information content (AvgIpc) is 3.20. The number of aliphatic carboxylic acids is 1. The summed E-state index contributed by atoms with van der Waals surface area (Å²) in [5, 5.41) is 10.0. The highest BCUT2D eigenvalue weighted by Crippen LogP contribution is 2.34. The van der Waals surface area contributed by atoms with Crippen LogP contribution in [0, 0.1) is 18.2 Å². The summed E-state index contributed by atoms with van der Waals surface area (Å²) in [5.41, 5.74) is 2.56. The molecule has 2 heterocycles. The first-order valence-corrected chi connectivity index (χ1v) is 12.7. The number of aromatic nitrogens is 3. The highest BCUT2D eigenvalue weighted by atomic mass is 79.9. The predicted octanol–water partition coefficient (Wildman–Crippen LogP) is 6.70. The van der Waals surface area contributed by atoms with E-state index in [1.165, 1.54) is 6.07 Å². The Bertz CT molecular complexity index is 1360. The molecule has 0 aliphatic carbocycles. The van der Waals surface area contributed by atoms with E-state index in [0.717, 1.165) is 21.3 Å². The maximum absolute atomic E-state index is 15.3. The standard InChI is InChI=1S/C28H29BrFN3O3/c1-4-28(5-2,27(34)35)14-25-32-26-23(30)12-22(36-17-21-11-6-18(3)15-31-21)13-24(26)33(25)16-19-7-9-20(29)10-8-19/h6-13,15H,4-5,14,16-17H2,1-3H3,(H,34,35). The summed E-state index contributed by atoms with van der Waals surface area (Å²) in [6.07, 6.45) is 2.85. The van der Waals surface area contributed by atoms with Gasteiger partial charge in [-0.1, -0.05) is 48.0 Å². The van der Waals surface area contributed by atoms with Gasteiger partial charge in [0.1, 0.15) is 23.7 Å². The van der Waals surface area contributed by atoms with Crippen molar-refractivity contribution in [2.24, 2.45) is 5.41 Å². The number of rotatable bonds is 10. The van der Waals surface area contributed by atoms with E-state index in [-0.39, 0.29) is 18.5 Å². The Labute approximate surface area is 218 Å². The molecule has 2 aromatic heterocycles. The minimum atomic E-state index is -0.980. The van der Waals surface area contributed by atoms with E-state index in [2.05, 4.69) is 25.9 Å². The van der Waals surface area contributed by atoms with Gasteiger partial charge in [0.2, 0.25) is 0 Å². The van der Waals surface area contributed by atoms with Crippen molar-refractivity contribution in [2.45, 2.75) is 53.2 Å². The third-order valence-corrected chi connectivity index (χ3v) is 7.31. The van der Waals surface area contributed by atoms with Gasteiger partial charge in [-0.05, 0) is 49.1 Å². The molecule has 36 heavy (non-hydrogen) atoms. The lowest BCUT2D eigenvalue weighted by Crippen LogP contribution is -2.33. The lowest BCUT2D eigenvalue weighted by Gasteiger charge is -2.26. The van der Waals surface area contributed by atoms with Crippen molar-refractivity contribution in [3.05, 3.63) is 87.7 Å². The molecule has 0 fully saturated rings. The molecular formula is C28H29BrFN3O3. The molecule has 0 saturated heterocycles. The number of nitrogens with zero attached hydrogens (tertiary/aromatic N) is 3. The van der Waals surface area contributed by atoms with Crippen LogP contribution in [-0.2, 0) is 24.4 Å². The molecule has 0 aliphatic rings. The van der Waals surface area contributed by atoms with Crippen LogP contribution < -0.4 is 4.74 Å². The molecule has 4 aromatic rings. The number of hydrogen-bond donors (Lipinski definition) is 1. The highest BCUT2D eigenvalue weighted by Gasteiger charge is 2.37. The molecule has 4 rings (SSSR count). The largest absolute Gasteiger partial charge is 0.487 e. The molecule has 2 aromatic carbocycles. The second-order valence-electron chi connectivity index (χ2n) is 9.10. The van der Waals surface area contributed by atoms with E-state index in [4.69, 9.17) is 4.74 Å². The summed E-state index contributed by atoms with van der Waals surface area (Å²) >= 11 is 3.46. The van der Waals surface area contributed by atoms with E-state index in [9.17, 15) is 9.90 Å². The number of aryl methyl sites for hydroxylation is 1. The van der Waals surface area contributed by atoms with E-state index >= 15 is 4.39 Å². The fraction of sp³-hybridized carbons (Fsp3) is 0.321. The second-order valence-corrected chi connectivity index (χ2v) is 10.0. The topological polar surface area (TPSA) is 77.2 Å². The Balaban J connectivity index is 1.77. The average molecular weight is 554 g/mol. The molecule has 0 unspecified atom stereocenters. The van der Waals surface area contributed by atoms with Gasteiger partial charge in [-0.2, -0.15) is 0 Å². The summed E-state index contributed by atoms with van der Waals surface area (Å²) in [6.45, 7) is 6.31. The zero-order valence-electron chi connectivity index (χ0n) is 20.6. The van der Waals surface area contributed by atoms with Gasteiger partial charge in [-0.3, -0.25) is 9.78 Å². The molecule has 0 atom stereocenters. The van der Waals surface area contributed by atoms with Crippen LogP contribution in [0.15, 0.2) is 59.2 Å². The van der Waals surface area contributed by atoms with Gasteiger partial charge in [0.25, 0.3) is 0 Å². The minimum Gasteiger partial charge on any atom is -0.487 e. The fourth-order valence-corrected chi connectivity index (χ4v) is 4.56. The van der Waals surface area contributed by atoms with Gasteiger partial charge in [0, 0.05) is 35.8 Å². The van der Waals surface area contributed by atoms with Crippen LogP contribution in [0.5, 0.6) is 5.75 Å². The molecule has 0 spiro atoms. The van der Waals surface area contributed by atoms with Crippen LogP contribution in [0.4, 0.5) is 4.39 Å². The first-order valence-electron chi connectivity index (χ1n) is 12.0. The Morgan fingerprint density at radius 1 is 1.14 bits per heavy atom. The lowest BCUT2D eigenvalue weighted by molar-refractivity contribution is -0.149. The summed E-state index contributed by atoms with van der Waals surface area (Å²) in [7, 11) is 0. The number of imidazole rings is 1. The number of benzene rings is 2. The number of carboxylic acids is 1. The van der Waals surface area contributed by atoms with Crippen LogP contribution in [0.1, 0.15) is 49.3 Å². The molecule has 0 aliphatic heterocycles. The summed E-state index contributed by atoms with van der Waals surface area (Å²) < 4.78 is 24.0. The summed E-state index contributed by atoms with van der Waals surface area (Å²) in [4.78, 5) is 21.2. The van der Waals surface area contributed by atoms with E-state index in [0.29, 0.717) is 36.5 Å². The number of halogens is 2. The van der Waals surface area contributed by atoms with Crippen LogP contribution in [-0.4, -0.2) is 25.6 Å². The summed E-state index contributed by atoms with van der Waals surface area (Å²) in [6, 6.07) is 14.7. The number of carbonyl (C=O) groups is 1. The Morgan fingerprint density at radius 3 is 2.47 bits per heavy atom. The first-order chi connectivity index (χ1) is 17.2. The van der Waals surface area contributed by atoms with E-state index in [1.54, 1.807) is 12.3 Å². The highest BCUT2D eigenvalue weighted by molar-refractivity contribution is 9.10. The number of pyridine rings is 1. The van der Waals surface area contributed by atoms with Gasteiger partial charge < -0.3 is 14.4 Å². The van der Waals surface area contributed by atoms with Crippen molar-refractivity contribution in [1.82, 2.24) is 14.5 Å². The molecule has 0 amide bonds. The predicted molar refractivity (Wildman–Crippen MR) is 141 cm³/mol. The second kappa shape index (κ2) is 10.8. The van der Waals surface area contributed by atoms with Crippen molar-refractivity contribution >= 4 is 32.9 Å². The maximum Gasteiger partial charge on any atom is 0.310 e. The molecule has 1 N–H and O–H groups in total. The van der Waals surface area contributed by atoms with Crippen LogP contribution in [0.25, 0.3) is 11.0 Å². The molecule has 0 radical (unpaired) electrons. The first kappa shape index (κ1) is 25.8. The zero-order chi connectivity index (χ0) is 25.9. The number of carboxylic acid groups (broad SMARTS) is 1. The third kappa shape index (κ3) is 5.43. The van der Waals surface area contributed by atoms with E-state index < -0.39 is 17.2 Å². The smallest absolute Gasteiger partial charge is 0.310 e. The van der Waals surface area contributed by atoms with Gasteiger partial charge in [0.15, 0.2) is 5.82 Å². The van der Waals surface area contributed by atoms with Crippen LogP contribution in [0.3, 0.4) is 0 Å². The van der Waals surface area contributed by atoms with Gasteiger partial charge >= 0.3 is 5.97 Å². The quantitative estimate of drug-likeness (QED) is 0.236. The number of ether oxygens (including phenoxy) is 1. The molecular weight excluding hydrogens is 525 g/mol. The SMILES string of the molecule is CCC(CC)(Cc1nc2c(F)cc(OCc3ccc(C)cn3)cc2n1Cc1ccc(Br)cc1)C(=O)O. The van der Waals surface area contributed by atoms with Crippen molar-refractivity contribution in [3.63, 3.8) is 0 Å². The van der Waals surface area contributed by atoms with Crippen molar-refractivity contribution in [1.29, 1.82) is 0 Å². The van der Waals surface area contributed by atoms with Crippen LogP contribution in [0.2, 0.25) is 0 Å². The van der Waals surface area contributed by atoms with Gasteiger partial charge in [-0.25, -0.2) is 9.37 Å². The van der Waals surface area contributed by atoms with Crippen molar-refractivity contribution in [2.75, 3.05) is 0 Å². The molecule has 0 saturated carbocycles. The van der Waals surface area contributed by atoms with Crippen LogP contribution >= 0.6 is 15.9 Å². The van der Waals surface area contributed by atoms with Gasteiger partial charge in [0.05, 0.1) is 16.6 Å². The molecule has 188 valence electrons. The number of fused-ring (bicyclic) bond motifs is 1. The van der Waals surface area contributed by atoms with Crippen molar-refractivity contribution < 1.29 is 19.0 Å². The normalized spacial score (nSPS) is 11.7. The lowest BCUT2D eigenvalue weighted by atomic mass is 9.79. The Hall–Kier alpha value is -3.26. The minimum absolute atomic E-state index is 0.198.